The summed E-state index contributed by atoms with van der Waals surface area (Å²) in [5.41, 5.74) is 0.291. The van der Waals surface area contributed by atoms with Gasteiger partial charge in [-0.3, -0.25) is 10.1 Å². The average molecular weight is 346 g/mol. The van der Waals surface area contributed by atoms with Crippen molar-refractivity contribution in [3.05, 3.63) is 11.9 Å². The number of piperidine rings is 1. The third-order valence-electron chi connectivity index (χ3n) is 4.80. The van der Waals surface area contributed by atoms with Gasteiger partial charge in [-0.25, -0.2) is 14.8 Å². The Bertz CT molecular complexity index is 682. The largest absolute Gasteiger partial charge is 0.444 e. The number of anilines is 2. The van der Waals surface area contributed by atoms with Crippen LogP contribution in [0.15, 0.2) is 6.20 Å². The molecule has 0 radical (unpaired) electrons. The number of carbonyl (C=O) groups excluding carboxylic acids is 2. The molecule has 1 amide bonds. The summed E-state index contributed by atoms with van der Waals surface area (Å²) >= 11 is 0. The van der Waals surface area contributed by atoms with Gasteiger partial charge in [0.05, 0.1) is 6.20 Å². The lowest BCUT2D eigenvalue weighted by atomic mass is 9.93. The van der Waals surface area contributed by atoms with Gasteiger partial charge in [-0.2, -0.15) is 0 Å². The van der Waals surface area contributed by atoms with E-state index >= 15 is 0 Å². The van der Waals surface area contributed by atoms with Crippen LogP contribution in [0.25, 0.3) is 0 Å². The molecule has 2 fully saturated rings. The fraction of sp³-hybridized carbons (Fsp3) is 0.667. The highest BCUT2D eigenvalue weighted by molar-refractivity contribution is 5.97. The summed E-state index contributed by atoms with van der Waals surface area (Å²) in [5, 5.41) is 2.60. The third-order valence-corrected chi connectivity index (χ3v) is 4.80. The Labute approximate surface area is 148 Å². The van der Waals surface area contributed by atoms with Crippen LogP contribution in [0.5, 0.6) is 0 Å². The monoisotopic (exact) mass is 346 g/mol. The maximum Gasteiger partial charge on any atom is 0.413 e. The molecule has 0 unspecified atom stereocenters. The van der Waals surface area contributed by atoms with Crippen molar-refractivity contribution >= 4 is 23.5 Å². The van der Waals surface area contributed by atoms with Crippen LogP contribution < -0.4 is 10.2 Å². The third kappa shape index (κ3) is 4.27. The van der Waals surface area contributed by atoms with E-state index in [-0.39, 0.29) is 5.78 Å². The molecule has 1 aromatic heterocycles. The van der Waals surface area contributed by atoms with Gasteiger partial charge in [0.1, 0.15) is 11.3 Å². The maximum absolute atomic E-state index is 11.9. The van der Waals surface area contributed by atoms with E-state index in [4.69, 9.17) is 4.74 Å². The van der Waals surface area contributed by atoms with E-state index in [0.717, 1.165) is 25.9 Å². The molecule has 0 atom stereocenters. The van der Waals surface area contributed by atoms with Gasteiger partial charge in [0.2, 0.25) is 0 Å². The molecule has 1 aliphatic carbocycles. The van der Waals surface area contributed by atoms with E-state index in [1.54, 1.807) is 20.8 Å². The van der Waals surface area contributed by atoms with Crippen LogP contribution in [0.2, 0.25) is 0 Å². The van der Waals surface area contributed by atoms with Crippen molar-refractivity contribution < 1.29 is 14.3 Å². The average Bonchev–Trinajstić information content (AvgIpc) is 3.25. The van der Waals surface area contributed by atoms with Crippen molar-refractivity contribution in [3.8, 4) is 0 Å². The molecule has 1 aromatic rings. The standard InChI is InChI=1S/C18H26N4O3/c1-12(23)14-15(22-9-7-18(5-6-18)8-10-22)20-13(11-19-14)21-16(24)25-17(2,3)4/h11H,5-10H2,1-4H3,(H,20,21,24). The summed E-state index contributed by atoms with van der Waals surface area (Å²) in [6.45, 7) is 8.61. The lowest BCUT2D eigenvalue weighted by Crippen LogP contribution is -2.36. The lowest BCUT2D eigenvalue weighted by Gasteiger charge is -2.33. The van der Waals surface area contributed by atoms with Gasteiger partial charge in [0.15, 0.2) is 17.4 Å². The summed E-state index contributed by atoms with van der Waals surface area (Å²) < 4.78 is 5.24. The van der Waals surface area contributed by atoms with E-state index in [1.165, 1.54) is 26.0 Å². The Kier molecular flexibility index (Phi) is 4.43. The van der Waals surface area contributed by atoms with Gasteiger partial charge in [-0.1, -0.05) is 0 Å². The van der Waals surface area contributed by atoms with Crippen molar-refractivity contribution in [2.45, 2.75) is 59.0 Å². The molecule has 2 heterocycles. The van der Waals surface area contributed by atoms with Crippen LogP contribution >= 0.6 is 0 Å². The van der Waals surface area contributed by atoms with Crippen LogP contribution in [0.4, 0.5) is 16.4 Å². The molecule has 2 aliphatic rings. The molecule has 0 aromatic carbocycles. The van der Waals surface area contributed by atoms with Crippen molar-refractivity contribution in [2.24, 2.45) is 5.41 Å². The molecule has 136 valence electrons. The normalized spacial score (nSPS) is 18.8. The predicted molar refractivity (Wildman–Crippen MR) is 95.0 cm³/mol. The molecule has 7 nitrogen and oxygen atoms in total. The quantitative estimate of drug-likeness (QED) is 0.844. The van der Waals surface area contributed by atoms with E-state index < -0.39 is 11.7 Å². The number of hydrogen-bond donors (Lipinski definition) is 1. The molecule has 1 saturated carbocycles. The SMILES string of the molecule is CC(=O)c1ncc(NC(=O)OC(C)(C)C)nc1N1CCC2(CC1)CC2. The molecule has 1 aliphatic heterocycles. The Balaban J connectivity index is 1.77. The number of hydrogen-bond acceptors (Lipinski definition) is 6. The zero-order valence-electron chi connectivity index (χ0n) is 15.4. The van der Waals surface area contributed by atoms with E-state index in [1.807, 2.05) is 0 Å². The molecule has 3 rings (SSSR count). The van der Waals surface area contributed by atoms with Crippen molar-refractivity contribution in [1.82, 2.24) is 9.97 Å². The van der Waals surface area contributed by atoms with Gasteiger partial charge in [-0.15, -0.1) is 0 Å². The highest BCUT2D eigenvalue weighted by Gasteiger charge is 2.44. The Morgan fingerprint density at radius 1 is 1.20 bits per heavy atom. The molecule has 1 N–H and O–H groups in total. The Morgan fingerprint density at radius 3 is 2.36 bits per heavy atom. The van der Waals surface area contributed by atoms with Crippen molar-refractivity contribution in [3.63, 3.8) is 0 Å². The Hall–Kier alpha value is -2.18. The lowest BCUT2D eigenvalue weighted by molar-refractivity contribution is 0.0635. The van der Waals surface area contributed by atoms with Crippen LogP contribution in [-0.4, -0.2) is 40.5 Å². The molecule has 25 heavy (non-hydrogen) atoms. The first kappa shape index (κ1) is 17.6. The zero-order chi connectivity index (χ0) is 18.2. The van der Waals surface area contributed by atoms with E-state index in [9.17, 15) is 9.59 Å². The molecule has 7 heteroatoms. The number of ether oxygens (including phenoxy) is 1. The van der Waals surface area contributed by atoms with Crippen LogP contribution in [-0.2, 0) is 4.74 Å². The van der Waals surface area contributed by atoms with Crippen LogP contribution in [0.3, 0.4) is 0 Å². The summed E-state index contributed by atoms with van der Waals surface area (Å²) in [6.07, 6.45) is 5.68. The summed E-state index contributed by atoms with van der Waals surface area (Å²) in [5.74, 6) is 0.718. The number of amides is 1. The maximum atomic E-state index is 11.9. The number of nitrogens with zero attached hydrogens (tertiary/aromatic N) is 3. The van der Waals surface area contributed by atoms with Gasteiger partial charge in [-0.05, 0) is 51.9 Å². The molecule has 1 spiro atoms. The molecule has 0 bridgehead atoms. The summed E-state index contributed by atoms with van der Waals surface area (Å²) in [7, 11) is 0. The first-order valence-electron chi connectivity index (χ1n) is 8.80. The fourth-order valence-corrected chi connectivity index (χ4v) is 3.19. The number of nitrogens with one attached hydrogen (secondary N) is 1. The van der Waals surface area contributed by atoms with E-state index in [0.29, 0.717) is 22.7 Å². The first-order valence-corrected chi connectivity index (χ1v) is 8.80. The van der Waals surface area contributed by atoms with Gasteiger partial charge < -0.3 is 9.64 Å². The molecular formula is C18H26N4O3. The number of ketones is 1. The number of carbonyl (C=O) groups is 2. The Morgan fingerprint density at radius 2 is 1.84 bits per heavy atom. The van der Waals surface area contributed by atoms with Crippen LogP contribution in [0, 0.1) is 5.41 Å². The van der Waals surface area contributed by atoms with E-state index in [2.05, 4.69) is 20.2 Å². The van der Waals surface area contributed by atoms with Gasteiger partial charge in [0.25, 0.3) is 0 Å². The second-order valence-corrected chi connectivity index (χ2v) is 8.10. The number of aromatic nitrogens is 2. The highest BCUT2D eigenvalue weighted by atomic mass is 16.6. The molecule has 1 saturated heterocycles. The second-order valence-electron chi connectivity index (χ2n) is 8.10. The summed E-state index contributed by atoms with van der Waals surface area (Å²) in [4.78, 5) is 34.7. The minimum atomic E-state index is -0.592. The number of Topliss-reactive ketones (excluding diaryl/α,β-unsaturated/α-hetero) is 1. The minimum Gasteiger partial charge on any atom is -0.444 e. The van der Waals surface area contributed by atoms with Crippen molar-refractivity contribution in [2.75, 3.05) is 23.3 Å². The minimum absolute atomic E-state index is 0.127. The van der Waals surface area contributed by atoms with Gasteiger partial charge in [0, 0.05) is 20.0 Å². The first-order chi connectivity index (χ1) is 11.7. The molecular weight excluding hydrogens is 320 g/mol. The fourth-order valence-electron chi connectivity index (χ4n) is 3.19. The van der Waals surface area contributed by atoms with Gasteiger partial charge >= 0.3 is 6.09 Å². The van der Waals surface area contributed by atoms with Crippen molar-refractivity contribution in [1.29, 1.82) is 0 Å². The predicted octanol–water partition coefficient (Wildman–Crippen LogP) is 3.41. The topological polar surface area (TPSA) is 84.4 Å². The second kappa shape index (κ2) is 6.28. The number of rotatable bonds is 3. The van der Waals surface area contributed by atoms with Crippen LogP contribution in [0.1, 0.15) is 63.9 Å². The zero-order valence-corrected chi connectivity index (χ0v) is 15.4. The smallest absolute Gasteiger partial charge is 0.413 e. The highest BCUT2D eigenvalue weighted by Crippen LogP contribution is 2.53. The summed E-state index contributed by atoms with van der Waals surface area (Å²) in [6, 6.07) is 0.